The summed E-state index contributed by atoms with van der Waals surface area (Å²) in [6.07, 6.45) is 1.14. The highest BCUT2D eigenvalue weighted by Crippen LogP contribution is 2.23. The number of ether oxygens (including phenoxy) is 1. The van der Waals surface area contributed by atoms with Gasteiger partial charge in [0.2, 0.25) is 0 Å². The van der Waals surface area contributed by atoms with Crippen LogP contribution in [-0.4, -0.2) is 41.8 Å². The van der Waals surface area contributed by atoms with E-state index >= 15 is 0 Å². The van der Waals surface area contributed by atoms with Crippen molar-refractivity contribution in [1.29, 1.82) is 0 Å². The zero-order valence-electron chi connectivity index (χ0n) is 14.3. The van der Waals surface area contributed by atoms with Gasteiger partial charge in [-0.2, -0.15) is 0 Å². The third-order valence-electron chi connectivity index (χ3n) is 4.49. The van der Waals surface area contributed by atoms with Crippen molar-refractivity contribution in [3.8, 4) is 0 Å². The molecule has 1 fully saturated rings. The van der Waals surface area contributed by atoms with Gasteiger partial charge in [-0.1, -0.05) is 30.3 Å². The number of benzene rings is 1. The Morgan fingerprint density at radius 2 is 2.12 bits per heavy atom. The summed E-state index contributed by atoms with van der Waals surface area (Å²) >= 11 is 0. The Labute approximate surface area is 147 Å². The molecule has 0 unspecified atom stereocenters. The molecule has 134 valence electrons. The number of aliphatic hydroxyl groups excluding tert-OH is 1. The van der Waals surface area contributed by atoms with Crippen LogP contribution in [0.15, 0.2) is 53.1 Å². The number of amides is 2. The Morgan fingerprint density at radius 1 is 1.32 bits per heavy atom. The number of urea groups is 1. The summed E-state index contributed by atoms with van der Waals surface area (Å²) in [5.41, 5.74) is 1.05. The van der Waals surface area contributed by atoms with Gasteiger partial charge in [0.05, 0.1) is 31.6 Å². The maximum Gasteiger partial charge on any atom is 0.318 e. The van der Waals surface area contributed by atoms with Crippen molar-refractivity contribution < 1.29 is 19.1 Å². The predicted octanol–water partition coefficient (Wildman–Crippen LogP) is 2.87. The molecule has 2 amide bonds. The van der Waals surface area contributed by atoms with E-state index in [1.807, 2.05) is 37.3 Å². The number of morpholine rings is 1. The van der Waals surface area contributed by atoms with Gasteiger partial charge in [0, 0.05) is 13.0 Å². The lowest BCUT2D eigenvalue weighted by Gasteiger charge is -2.37. The number of hydrogen-bond donors (Lipinski definition) is 2. The van der Waals surface area contributed by atoms with Crippen LogP contribution >= 0.6 is 0 Å². The second-order valence-electron chi connectivity index (χ2n) is 6.27. The molecule has 6 nitrogen and oxygen atoms in total. The Balaban J connectivity index is 1.62. The van der Waals surface area contributed by atoms with Crippen LogP contribution in [-0.2, 0) is 4.74 Å². The van der Waals surface area contributed by atoms with Crippen molar-refractivity contribution in [2.75, 3.05) is 19.8 Å². The fourth-order valence-corrected chi connectivity index (χ4v) is 3.07. The normalized spacial score (nSPS) is 20.1. The van der Waals surface area contributed by atoms with Gasteiger partial charge in [-0.15, -0.1) is 0 Å². The molecule has 3 rings (SSSR count). The SMILES string of the molecule is C[C@@H](NC(=O)N1CCOC[C@H]1C[C@@H](O)c1ccco1)c1ccccc1. The van der Waals surface area contributed by atoms with Crippen LogP contribution in [0.1, 0.15) is 36.8 Å². The van der Waals surface area contributed by atoms with Gasteiger partial charge in [-0.05, 0) is 24.6 Å². The van der Waals surface area contributed by atoms with E-state index < -0.39 is 6.10 Å². The molecule has 1 aromatic carbocycles. The highest BCUT2D eigenvalue weighted by Gasteiger charge is 2.30. The number of rotatable bonds is 5. The van der Waals surface area contributed by atoms with E-state index in [4.69, 9.17) is 9.15 Å². The molecule has 2 aromatic rings. The van der Waals surface area contributed by atoms with Crippen LogP contribution in [0.3, 0.4) is 0 Å². The maximum absolute atomic E-state index is 12.7. The zero-order chi connectivity index (χ0) is 17.6. The lowest BCUT2D eigenvalue weighted by Crippen LogP contribution is -2.53. The Kier molecular flexibility index (Phi) is 5.73. The number of carbonyl (C=O) groups is 1. The molecular weight excluding hydrogens is 320 g/mol. The molecule has 6 heteroatoms. The van der Waals surface area contributed by atoms with E-state index in [9.17, 15) is 9.90 Å². The van der Waals surface area contributed by atoms with Crippen LogP contribution in [0.2, 0.25) is 0 Å². The minimum absolute atomic E-state index is 0.0906. The molecular formula is C19H24N2O4. The highest BCUT2D eigenvalue weighted by atomic mass is 16.5. The third kappa shape index (κ3) is 4.41. The molecule has 0 saturated carbocycles. The van der Waals surface area contributed by atoms with Gasteiger partial charge in [-0.3, -0.25) is 0 Å². The predicted molar refractivity (Wildman–Crippen MR) is 93.0 cm³/mol. The first-order valence-electron chi connectivity index (χ1n) is 8.56. The zero-order valence-corrected chi connectivity index (χ0v) is 14.3. The maximum atomic E-state index is 12.7. The van der Waals surface area contributed by atoms with Crippen LogP contribution in [0, 0.1) is 0 Å². The summed E-state index contributed by atoms with van der Waals surface area (Å²) in [6.45, 7) is 3.37. The number of carbonyl (C=O) groups excluding carboxylic acids is 1. The van der Waals surface area contributed by atoms with E-state index in [1.54, 1.807) is 17.0 Å². The monoisotopic (exact) mass is 344 g/mol. The first kappa shape index (κ1) is 17.5. The van der Waals surface area contributed by atoms with Gasteiger partial charge in [0.1, 0.15) is 11.9 Å². The number of nitrogens with zero attached hydrogens (tertiary/aromatic N) is 1. The van der Waals surface area contributed by atoms with Crippen LogP contribution < -0.4 is 5.32 Å². The van der Waals surface area contributed by atoms with Crippen molar-refractivity contribution in [3.63, 3.8) is 0 Å². The Hall–Kier alpha value is -2.31. The molecule has 25 heavy (non-hydrogen) atoms. The summed E-state index contributed by atoms with van der Waals surface area (Å²) in [7, 11) is 0. The molecule has 2 heterocycles. The first-order valence-corrected chi connectivity index (χ1v) is 8.56. The quantitative estimate of drug-likeness (QED) is 0.875. The van der Waals surface area contributed by atoms with Crippen molar-refractivity contribution >= 4 is 6.03 Å². The molecule has 0 spiro atoms. The minimum atomic E-state index is -0.761. The molecule has 3 atom stereocenters. The van der Waals surface area contributed by atoms with Gasteiger partial charge >= 0.3 is 6.03 Å². The smallest absolute Gasteiger partial charge is 0.318 e. The topological polar surface area (TPSA) is 74.9 Å². The molecule has 0 aliphatic carbocycles. The van der Waals surface area contributed by atoms with Crippen molar-refractivity contribution in [2.45, 2.75) is 31.5 Å². The largest absolute Gasteiger partial charge is 0.467 e. The molecule has 0 bridgehead atoms. The van der Waals surface area contributed by atoms with E-state index in [1.165, 1.54) is 6.26 Å². The molecule has 1 aliphatic rings. The lowest BCUT2D eigenvalue weighted by molar-refractivity contribution is -0.0101. The molecule has 1 saturated heterocycles. The van der Waals surface area contributed by atoms with E-state index in [-0.39, 0.29) is 18.1 Å². The van der Waals surface area contributed by atoms with Crippen LogP contribution in [0.25, 0.3) is 0 Å². The standard InChI is InChI=1S/C19H24N2O4/c1-14(15-6-3-2-4-7-15)20-19(23)21-9-11-24-13-16(21)12-17(22)18-8-5-10-25-18/h2-8,10,14,16-17,22H,9,11-13H2,1H3,(H,20,23)/t14-,16-,17-/m1/s1. The summed E-state index contributed by atoms with van der Waals surface area (Å²) in [5, 5.41) is 13.3. The van der Waals surface area contributed by atoms with Crippen molar-refractivity contribution in [1.82, 2.24) is 10.2 Å². The average molecular weight is 344 g/mol. The lowest BCUT2D eigenvalue weighted by atomic mass is 10.1. The van der Waals surface area contributed by atoms with Crippen LogP contribution in [0.4, 0.5) is 4.79 Å². The molecule has 0 radical (unpaired) electrons. The van der Waals surface area contributed by atoms with Crippen molar-refractivity contribution in [2.24, 2.45) is 0 Å². The van der Waals surface area contributed by atoms with E-state index in [2.05, 4.69) is 5.32 Å². The highest BCUT2D eigenvalue weighted by molar-refractivity contribution is 5.75. The molecule has 1 aromatic heterocycles. The summed E-state index contributed by atoms with van der Waals surface area (Å²) in [4.78, 5) is 14.5. The number of nitrogens with one attached hydrogen (secondary N) is 1. The van der Waals surface area contributed by atoms with E-state index in [0.29, 0.717) is 31.9 Å². The summed E-state index contributed by atoms with van der Waals surface area (Å²) < 4.78 is 10.8. The number of aliphatic hydroxyl groups is 1. The minimum Gasteiger partial charge on any atom is -0.467 e. The second-order valence-corrected chi connectivity index (χ2v) is 6.27. The summed E-state index contributed by atoms with van der Waals surface area (Å²) in [5.74, 6) is 0.503. The first-order chi connectivity index (χ1) is 12.1. The van der Waals surface area contributed by atoms with Gasteiger partial charge in [0.25, 0.3) is 0 Å². The fourth-order valence-electron chi connectivity index (χ4n) is 3.07. The second kappa shape index (κ2) is 8.18. The van der Waals surface area contributed by atoms with E-state index in [0.717, 1.165) is 5.56 Å². The Morgan fingerprint density at radius 3 is 2.84 bits per heavy atom. The fraction of sp³-hybridized carbons (Fsp3) is 0.421. The van der Waals surface area contributed by atoms with Gasteiger partial charge in [0.15, 0.2) is 0 Å². The van der Waals surface area contributed by atoms with Gasteiger partial charge < -0.3 is 24.5 Å². The number of hydrogen-bond acceptors (Lipinski definition) is 4. The van der Waals surface area contributed by atoms with Gasteiger partial charge in [-0.25, -0.2) is 4.79 Å². The molecule has 2 N–H and O–H groups in total. The average Bonchev–Trinajstić information content (AvgIpc) is 3.17. The number of furan rings is 1. The van der Waals surface area contributed by atoms with Crippen LogP contribution in [0.5, 0.6) is 0 Å². The Bertz CT molecular complexity index is 659. The third-order valence-corrected chi connectivity index (χ3v) is 4.49. The molecule has 1 aliphatic heterocycles. The van der Waals surface area contributed by atoms with Crippen molar-refractivity contribution in [3.05, 3.63) is 60.1 Å². The summed E-state index contributed by atoms with van der Waals surface area (Å²) in [6, 6.07) is 12.9.